The first-order valence-electron chi connectivity index (χ1n) is 6.96. The molecule has 5 heteroatoms. The minimum absolute atomic E-state index is 0.131. The van der Waals surface area contributed by atoms with Gasteiger partial charge in [-0.05, 0) is 42.7 Å². The summed E-state index contributed by atoms with van der Waals surface area (Å²) < 4.78 is 24.1. The molecule has 0 heterocycles. The van der Waals surface area contributed by atoms with Gasteiger partial charge < -0.3 is 5.32 Å². The third-order valence-electron chi connectivity index (χ3n) is 3.09. The average Bonchev–Trinajstić information content (AvgIpc) is 2.36. The maximum Gasteiger partial charge on any atom is 0.239 e. The van der Waals surface area contributed by atoms with Crippen molar-refractivity contribution in [2.24, 2.45) is 0 Å². The molecule has 0 saturated heterocycles. The Bertz CT molecular complexity index is 747. The molecule has 0 aliphatic carbocycles. The van der Waals surface area contributed by atoms with Crippen LogP contribution in [-0.4, -0.2) is 20.1 Å². The van der Waals surface area contributed by atoms with E-state index in [2.05, 4.69) is 5.32 Å². The molecule has 1 N–H and O–H groups in total. The maximum atomic E-state index is 12.1. The van der Waals surface area contributed by atoms with Crippen molar-refractivity contribution in [3.05, 3.63) is 65.2 Å². The number of hydrogen-bond acceptors (Lipinski definition) is 3. The molecule has 0 spiro atoms. The molecular formula is C17H19NO3S. The molecule has 0 saturated carbocycles. The van der Waals surface area contributed by atoms with Crippen LogP contribution in [0.25, 0.3) is 0 Å². The molecule has 4 nitrogen and oxygen atoms in total. The van der Waals surface area contributed by atoms with E-state index in [0.29, 0.717) is 11.3 Å². The van der Waals surface area contributed by atoms with Crippen LogP contribution in [0.15, 0.2) is 48.5 Å². The molecule has 0 bridgehead atoms. The van der Waals surface area contributed by atoms with E-state index in [1.54, 1.807) is 24.3 Å². The summed E-state index contributed by atoms with van der Waals surface area (Å²) >= 11 is 0. The third kappa shape index (κ3) is 5.00. The highest BCUT2D eigenvalue weighted by Gasteiger charge is 2.17. The number of benzene rings is 2. The topological polar surface area (TPSA) is 63.2 Å². The average molecular weight is 317 g/mol. The van der Waals surface area contributed by atoms with Gasteiger partial charge >= 0.3 is 0 Å². The second-order valence-electron chi connectivity index (χ2n) is 5.44. The number of nitrogens with one attached hydrogen (secondary N) is 1. The molecular weight excluding hydrogens is 298 g/mol. The predicted octanol–water partition coefficient (Wildman–Crippen LogP) is 2.86. The van der Waals surface area contributed by atoms with Gasteiger partial charge in [-0.1, -0.05) is 36.4 Å². The van der Waals surface area contributed by atoms with Crippen LogP contribution in [0, 0.1) is 13.8 Å². The first-order chi connectivity index (χ1) is 10.3. The Morgan fingerprint density at radius 3 is 2.18 bits per heavy atom. The fourth-order valence-electron chi connectivity index (χ4n) is 2.32. The van der Waals surface area contributed by atoms with E-state index in [4.69, 9.17) is 0 Å². The van der Waals surface area contributed by atoms with Crippen molar-refractivity contribution in [2.45, 2.75) is 19.6 Å². The minimum atomic E-state index is -3.49. The zero-order valence-electron chi connectivity index (χ0n) is 12.7. The van der Waals surface area contributed by atoms with E-state index in [1.165, 1.54) is 0 Å². The van der Waals surface area contributed by atoms with Crippen LogP contribution >= 0.6 is 0 Å². The van der Waals surface area contributed by atoms with Gasteiger partial charge in [0.25, 0.3) is 0 Å². The number of amides is 1. The van der Waals surface area contributed by atoms with Crippen LogP contribution in [0.1, 0.15) is 16.7 Å². The Labute approximate surface area is 131 Å². The predicted molar refractivity (Wildman–Crippen MR) is 88.5 cm³/mol. The molecule has 0 radical (unpaired) electrons. The van der Waals surface area contributed by atoms with E-state index in [9.17, 15) is 13.2 Å². The van der Waals surface area contributed by atoms with E-state index >= 15 is 0 Å². The Kier molecular flexibility index (Phi) is 4.98. The smallest absolute Gasteiger partial charge is 0.239 e. The van der Waals surface area contributed by atoms with Crippen LogP contribution in [-0.2, 0) is 20.4 Å². The second-order valence-corrected chi connectivity index (χ2v) is 7.51. The molecule has 0 aliphatic heterocycles. The fourth-order valence-corrected chi connectivity index (χ4v) is 3.60. The summed E-state index contributed by atoms with van der Waals surface area (Å²) in [6.07, 6.45) is 0. The number of sulfone groups is 1. The lowest BCUT2D eigenvalue weighted by molar-refractivity contribution is -0.113. The molecule has 0 aromatic heterocycles. The number of aryl methyl sites for hydroxylation is 2. The molecule has 2 rings (SSSR count). The van der Waals surface area contributed by atoms with Crippen LogP contribution in [0.3, 0.4) is 0 Å². The van der Waals surface area contributed by atoms with Gasteiger partial charge in [-0.25, -0.2) is 8.42 Å². The van der Waals surface area contributed by atoms with Gasteiger partial charge in [0.2, 0.25) is 5.91 Å². The van der Waals surface area contributed by atoms with E-state index in [-0.39, 0.29) is 5.75 Å². The van der Waals surface area contributed by atoms with Crippen molar-refractivity contribution in [1.29, 1.82) is 0 Å². The largest absolute Gasteiger partial charge is 0.325 e. The number of anilines is 1. The molecule has 0 atom stereocenters. The van der Waals surface area contributed by atoms with Gasteiger partial charge in [0, 0.05) is 5.69 Å². The summed E-state index contributed by atoms with van der Waals surface area (Å²) in [5.74, 6) is -1.16. The summed E-state index contributed by atoms with van der Waals surface area (Å²) in [5.41, 5.74) is 3.34. The van der Waals surface area contributed by atoms with Gasteiger partial charge in [0.15, 0.2) is 9.84 Å². The van der Waals surface area contributed by atoms with Crippen molar-refractivity contribution in [1.82, 2.24) is 0 Å². The lowest BCUT2D eigenvalue weighted by atomic mass is 10.1. The van der Waals surface area contributed by atoms with Crippen molar-refractivity contribution in [3.63, 3.8) is 0 Å². The summed E-state index contributed by atoms with van der Waals surface area (Å²) in [5, 5.41) is 2.65. The van der Waals surface area contributed by atoms with Gasteiger partial charge in [-0.15, -0.1) is 0 Å². The summed E-state index contributed by atoms with van der Waals surface area (Å²) in [7, 11) is -3.49. The monoisotopic (exact) mass is 317 g/mol. The zero-order chi connectivity index (χ0) is 16.2. The van der Waals surface area contributed by atoms with Crippen LogP contribution in [0.2, 0.25) is 0 Å². The Morgan fingerprint density at radius 1 is 1.00 bits per heavy atom. The Balaban J connectivity index is 2.01. The molecule has 0 fully saturated rings. The van der Waals surface area contributed by atoms with Gasteiger partial charge in [0.1, 0.15) is 5.75 Å². The number of hydrogen-bond donors (Lipinski definition) is 1. The summed E-state index contributed by atoms with van der Waals surface area (Å²) in [6.45, 7) is 3.85. The van der Waals surface area contributed by atoms with Crippen LogP contribution in [0.5, 0.6) is 0 Å². The highest BCUT2D eigenvalue weighted by atomic mass is 32.2. The van der Waals surface area contributed by atoms with Crippen molar-refractivity contribution < 1.29 is 13.2 Å². The first kappa shape index (κ1) is 16.2. The SMILES string of the molecule is Cc1cc(C)cc(NC(=O)CS(=O)(=O)Cc2ccccc2)c1. The molecule has 116 valence electrons. The van der Waals surface area contributed by atoms with Crippen LogP contribution < -0.4 is 5.32 Å². The summed E-state index contributed by atoms with van der Waals surface area (Å²) in [4.78, 5) is 12.0. The van der Waals surface area contributed by atoms with Crippen molar-refractivity contribution >= 4 is 21.4 Å². The lowest BCUT2D eigenvalue weighted by Crippen LogP contribution is -2.24. The molecule has 2 aromatic rings. The molecule has 1 amide bonds. The molecule has 0 unspecified atom stereocenters. The highest BCUT2D eigenvalue weighted by molar-refractivity contribution is 7.91. The van der Waals surface area contributed by atoms with E-state index in [0.717, 1.165) is 11.1 Å². The Morgan fingerprint density at radius 2 is 1.59 bits per heavy atom. The second kappa shape index (κ2) is 6.75. The van der Waals surface area contributed by atoms with Gasteiger partial charge in [-0.2, -0.15) is 0 Å². The van der Waals surface area contributed by atoms with Crippen molar-refractivity contribution in [2.75, 3.05) is 11.1 Å². The fraction of sp³-hybridized carbons (Fsp3) is 0.235. The standard InChI is InChI=1S/C17H19NO3S/c1-13-8-14(2)10-16(9-13)18-17(19)12-22(20,21)11-15-6-4-3-5-7-15/h3-10H,11-12H2,1-2H3,(H,18,19). The number of carbonyl (C=O) groups is 1. The van der Waals surface area contributed by atoms with Crippen molar-refractivity contribution in [3.8, 4) is 0 Å². The minimum Gasteiger partial charge on any atom is -0.325 e. The summed E-state index contributed by atoms with van der Waals surface area (Å²) in [6, 6.07) is 14.5. The molecule has 22 heavy (non-hydrogen) atoms. The third-order valence-corrected chi connectivity index (χ3v) is 4.56. The number of rotatable bonds is 5. The number of carbonyl (C=O) groups excluding carboxylic acids is 1. The first-order valence-corrected chi connectivity index (χ1v) is 8.79. The molecule has 0 aliphatic rings. The van der Waals surface area contributed by atoms with Crippen LogP contribution in [0.4, 0.5) is 5.69 Å². The maximum absolute atomic E-state index is 12.1. The lowest BCUT2D eigenvalue weighted by Gasteiger charge is -2.08. The Hall–Kier alpha value is -2.14. The zero-order valence-corrected chi connectivity index (χ0v) is 13.5. The van der Waals surface area contributed by atoms with E-state index < -0.39 is 21.5 Å². The van der Waals surface area contributed by atoms with Gasteiger partial charge in [0.05, 0.1) is 5.75 Å². The quantitative estimate of drug-likeness (QED) is 0.922. The highest BCUT2D eigenvalue weighted by Crippen LogP contribution is 2.14. The molecule has 2 aromatic carbocycles. The van der Waals surface area contributed by atoms with Gasteiger partial charge in [-0.3, -0.25) is 4.79 Å². The van der Waals surface area contributed by atoms with E-state index in [1.807, 2.05) is 38.1 Å². The normalized spacial score (nSPS) is 11.2.